The first-order chi connectivity index (χ1) is 20.8. The number of nitrogens with one attached hydrogen (secondary N) is 3. The van der Waals surface area contributed by atoms with Crippen molar-refractivity contribution in [2.75, 3.05) is 26.7 Å². The molecule has 3 N–H and O–H groups in total. The van der Waals surface area contributed by atoms with E-state index in [4.69, 9.17) is 4.74 Å². The number of carbonyl (C=O) groups excluding carboxylic acids is 1. The normalized spacial score (nSPS) is 16.4. The maximum atomic E-state index is 13.1. The Bertz CT molecular complexity index is 1460. The number of amides is 1. The van der Waals surface area contributed by atoms with Gasteiger partial charge in [0.2, 0.25) is 0 Å². The van der Waals surface area contributed by atoms with Crippen LogP contribution in [0.1, 0.15) is 65.7 Å². The average molecular weight is 583 g/mol. The van der Waals surface area contributed by atoms with Crippen molar-refractivity contribution in [1.82, 2.24) is 41.1 Å². The van der Waals surface area contributed by atoms with Gasteiger partial charge < -0.3 is 20.3 Å². The first-order valence-electron chi connectivity index (χ1n) is 15.0. The number of nitrogens with zero attached hydrogens (tertiary/aromatic N) is 5. The van der Waals surface area contributed by atoms with Crippen LogP contribution in [0, 0.1) is 13.8 Å². The molecule has 3 heterocycles. The number of rotatable bonds is 11. The quantitative estimate of drug-likeness (QED) is 0.238. The van der Waals surface area contributed by atoms with Gasteiger partial charge in [0.05, 0.1) is 12.6 Å². The van der Waals surface area contributed by atoms with E-state index in [1.807, 2.05) is 56.6 Å². The van der Waals surface area contributed by atoms with Crippen molar-refractivity contribution in [3.8, 4) is 17.1 Å². The number of H-pyrrole nitrogens is 1. The predicted molar refractivity (Wildman–Crippen MR) is 167 cm³/mol. The van der Waals surface area contributed by atoms with Gasteiger partial charge in [-0.3, -0.25) is 9.78 Å². The molecule has 1 amide bonds. The Morgan fingerprint density at radius 2 is 1.84 bits per heavy atom. The number of hydrogen-bond donors (Lipinski definition) is 3. The zero-order chi connectivity index (χ0) is 30.4. The topological polar surface area (TPSA) is 121 Å². The van der Waals surface area contributed by atoms with E-state index in [1.165, 1.54) is 5.56 Å². The van der Waals surface area contributed by atoms with Gasteiger partial charge in [-0.2, -0.15) is 0 Å². The summed E-state index contributed by atoms with van der Waals surface area (Å²) in [5, 5.41) is 21.2. The van der Waals surface area contributed by atoms with Crippen LogP contribution in [-0.2, 0) is 5.54 Å². The third-order valence-corrected chi connectivity index (χ3v) is 8.78. The summed E-state index contributed by atoms with van der Waals surface area (Å²) < 4.78 is 5.39. The summed E-state index contributed by atoms with van der Waals surface area (Å²) in [6, 6.07) is 17.1. The van der Waals surface area contributed by atoms with Crippen molar-refractivity contribution in [2.45, 2.75) is 64.6 Å². The number of aromatic amines is 1. The molecule has 1 fully saturated rings. The van der Waals surface area contributed by atoms with Gasteiger partial charge in [-0.25, -0.2) is 5.10 Å². The number of likely N-dealkylation sites (tertiary alicyclic amines) is 1. The minimum absolute atomic E-state index is 0.0411. The van der Waals surface area contributed by atoms with Crippen LogP contribution in [0.15, 0.2) is 60.9 Å². The summed E-state index contributed by atoms with van der Waals surface area (Å²) in [7, 11) is 1.69. The summed E-state index contributed by atoms with van der Waals surface area (Å²) in [6.45, 7) is 11.0. The highest BCUT2D eigenvalue weighted by atomic mass is 16.5. The fourth-order valence-electron chi connectivity index (χ4n) is 6.21. The van der Waals surface area contributed by atoms with Crippen molar-refractivity contribution in [3.63, 3.8) is 0 Å². The smallest absolute Gasteiger partial charge is 0.251 e. The van der Waals surface area contributed by atoms with E-state index in [9.17, 15) is 4.79 Å². The highest BCUT2D eigenvalue weighted by Gasteiger charge is 2.33. The second-order valence-electron chi connectivity index (χ2n) is 11.7. The Hall–Kier alpha value is -4.15. The van der Waals surface area contributed by atoms with Gasteiger partial charge in [-0.05, 0) is 123 Å². The molecule has 5 rings (SSSR count). The van der Waals surface area contributed by atoms with Gasteiger partial charge in [-0.1, -0.05) is 18.2 Å². The molecule has 2 atom stereocenters. The van der Waals surface area contributed by atoms with Crippen molar-refractivity contribution in [1.29, 1.82) is 0 Å². The van der Waals surface area contributed by atoms with Crippen LogP contribution in [-0.4, -0.2) is 75.2 Å². The highest BCUT2D eigenvalue weighted by molar-refractivity contribution is 5.97. The molecular formula is C33H42N8O2. The molecule has 43 heavy (non-hydrogen) atoms. The van der Waals surface area contributed by atoms with Crippen LogP contribution >= 0.6 is 0 Å². The molecule has 1 aliphatic heterocycles. The third kappa shape index (κ3) is 6.92. The van der Waals surface area contributed by atoms with Crippen molar-refractivity contribution in [2.24, 2.45) is 0 Å². The number of aromatic nitrogens is 5. The van der Waals surface area contributed by atoms with Crippen LogP contribution in [0.5, 0.6) is 5.75 Å². The number of methoxy groups -OCH3 is 1. The maximum Gasteiger partial charge on any atom is 0.251 e. The molecule has 1 saturated heterocycles. The van der Waals surface area contributed by atoms with E-state index in [-0.39, 0.29) is 11.4 Å². The molecule has 2 unspecified atom stereocenters. The lowest BCUT2D eigenvalue weighted by molar-refractivity contribution is 0.0942. The maximum absolute atomic E-state index is 13.1. The van der Waals surface area contributed by atoms with Gasteiger partial charge in [0, 0.05) is 42.1 Å². The molecule has 10 heteroatoms. The van der Waals surface area contributed by atoms with E-state index in [0.29, 0.717) is 30.0 Å². The van der Waals surface area contributed by atoms with Crippen LogP contribution in [0.4, 0.5) is 0 Å². The van der Waals surface area contributed by atoms with E-state index in [1.54, 1.807) is 7.11 Å². The Morgan fingerprint density at radius 3 is 2.44 bits per heavy atom. The summed E-state index contributed by atoms with van der Waals surface area (Å²) in [6.07, 6.45) is 6.76. The van der Waals surface area contributed by atoms with Crippen molar-refractivity contribution in [3.05, 3.63) is 88.7 Å². The Labute approximate surface area is 253 Å². The Balaban J connectivity index is 1.14. The second kappa shape index (κ2) is 13.4. The molecule has 226 valence electrons. The van der Waals surface area contributed by atoms with E-state index in [2.05, 4.69) is 73.2 Å². The van der Waals surface area contributed by atoms with Gasteiger partial charge in [0.25, 0.3) is 5.91 Å². The first-order valence-corrected chi connectivity index (χ1v) is 15.0. The highest BCUT2D eigenvalue weighted by Crippen LogP contribution is 2.32. The molecule has 4 aromatic rings. The summed E-state index contributed by atoms with van der Waals surface area (Å²) in [5.74, 6) is 1.40. The van der Waals surface area contributed by atoms with Crippen LogP contribution in [0.3, 0.4) is 0 Å². The minimum atomic E-state index is -0.372. The zero-order valence-corrected chi connectivity index (χ0v) is 25.7. The lowest BCUT2D eigenvalue weighted by Crippen LogP contribution is -2.52. The van der Waals surface area contributed by atoms with Crippen LogP contribution < -0.4 is 15.4 Å². The molecule has 2 aromatic heterocycles. The summed E-state index contributed by atoms with van der Waals surface area (Å²) >= 11 is 0. The number of ether oxygens (including phenoxy) is 1. The monoisotopic (exact) mass is 582 g/mol. The number of aryl methyl sites for hydroxylation is 2. The molecule has 2 aromatic carbocycles. The van der Waals surface area contributed by atoms with Gasteiger partial charge >= 0.3 is 0 Å². The predicted octanol–water partition coefficient (Wildman–Crippen LogP) is 4.41. The zero-order valence-electron chi connectivity index (χ0n) is 25.7. The largest absolute Gasteiger partial charge is 0.497 e. The van der Waals surface area contributed by atoms with Crippen molar-refractivity contribution < 1.29 is 9.53 Å². The number of hydrogen-bond acceptors (Lipinski definition) is 8. The SMILES string of the molecule is COc1ccc(C(C)(NC2CCN(C(C)CCNC(=O)c3c(C)cc(-c4nnn[nH]4)cc3C)CC2)c2cccnc2)cc1. The fraction of sp³-hybridized carbons (Fsp3) is 0.424. The van der Waals surface area contributed by atoms with Gasteiger partial charge in [0.15, 0.2) is 5.82 Å². The molecule has 10 nitrogen and oxygen atoms in total. The Kier molecular flexibility index (Phi) is 9.47. The third-order valence-electron chi connectivity index (χ3n) is 8.78. The Morgan fingerprint density at radius 1 is 1.12 bits per heavy atom. The minimum Gasteiger partial charge on any atom is -0.497 e. The number of piperidine rings is 1. The second-order valence-corrected chi connectivity index (χ2v) is 11.7. The molecule has 0 spiro atoms. The van der Waals surface area contributed by atoms with Crippen LogP contribution in [0.25, 0.3) is 11.4 Å². The van der Waals surface area contributed by atoms with E-state index in [0.717, 1.165) is 60.4 Å². The molecular weight excluding hydrogens is 540 g/mol. The molecule has 1 aliphatic rings. The van der Waals surface area contributed by atoms with E-state index < -0.39 is 0 Å². The molecule has 0 bridgehead atoms. The molecule has 0 radical (unpaired) electrons. The molecule has 0 aliphatic carbocycles. The lowest BCUT2D eigenvalue weighted by atomic mass is 9.83. The van der Waals surface area contributed by atoms with Gasteiger partial charge in [-0.15, -0.1) is 5.10 Å². The average Bonchev–Trinajstić information content (AvgIpc) is 3.57. The first kappa shape index (κ1) is 30.3. The van der Waals surface area contributed by atoms with E-state index >= 15 is 0 Å². The number of benzene rings is 2. The number of tetrazole rings is 1. The number of pyridine rings is 1. The van der Waals surface area contributed by atoms with Crippen molar-refractivity contribution >= 4 is 5.91 Å². The summed E-state index contributed by atoms with van der Waals surface area (Å²) in [5.41, 5.74) is 5.34. The molecule has 0 saturated carbocycles. The van der Waals surface area contributed by atoms with Crippen LogP contribution in [0.2, 0.25) is 0 Å². The van der Waals surface area contributed by atoms with Gasteiger partial charge in [0.1, 0.15) is 5.75 Å². The standard InChI is InChI=1S/C33H42N8O2/c1-22-19-25(31-37-39-40-38-31)20-23(2)30(22)32(42)35-16-12-24(3)41-17-13-28(14-18-41)36-33(4,27-7-6-15-34-21-27)26-8-10-29(43-5)11-9-26/h6-11,15,19-21,24,28,36H,12-14,16-18H2,1-5H3,(H,35,42)(H,37,38,39,40). The summed E-state index contributed by atoms with van der Waals surface area (Å²) in [4.78, 5) is 20.0. The fourth-order valence-corrected chi connectivity index (χ4v) is 6.21. The lowest BCUT2D eigenvalue weighted by Gasteiger charge is -2.41. The number of carbonyl (C=O) groups is 1.